The average Bonchev–Trinajstić information content (AvgIpc) is 3.21. The van der Waals surface area contributed by atoms with Crippen molar-refractivity contribution in [2.24, 2.45) is 0 Å². The molecule has 0 saturated carbocycles. The van der Waals surface area contributed by atoms with Crippen LogP contribution in [-0.4, -0.2) is 40.0 Å². The molecule has 1 saturated heterocycles. The average molecular weight is 500 g/mol. The molecule has 0 aliphatic carbocycles. The van der Waals surface area contributed by atoms with E-state index >= 15 is 0 Å². The molecular formula is C24H22ClN3O3S2. The lowest BCUT2D eigenvalue weighted by Crippen LogP contribution is -2.35. The van der Waals surface area contributed by atoms with Crippen LogP contribution in [0, 0.1) is 0 Å². The Balaban J connectivity index is 1.60. The first kappa shape index (κ1) is 23.5. The number of anilines is 2. The molecule has 0 radical (unpaired) electrons. The van der Waals surface area contributed by atoms with Gasteiger partial charge in [-0.3, -0.25) is 24.2 Å². The molecule has 0 unspecified atom stereocenters. The molecule has 3 amide bonds. The van der Waals surface area contributed by atoms with E-state index < -0.39 is 0 Å². The number of fused-ring (bicyclic) bond motifs is 1. The molecule has 1 N–H and O–H groups in total. The van der Waals surface area contributed by atoms with Gasteiger partial charge in [0.05, 0.1) is 16.2 Å². The van der Waals surface area contributed by atoms with Gasteiger partial charge in [-0.15, -0.1) is 0 Å². The highest BCUT2D eigenvalue weighted by Crippen LogP contribution is 2.44. The Morgan fingerprint density at radius 1 is 1.06 bits per heavy atom. The van der Waals surface area contributed by atoms with Crippen LogP contribution >= 0.6 is 35.6 Å². The third-order valence-corrected chi connectivity index (χ3v) is 7.08. The van der Waals surface area contributed by atoms with Gasteiger partial charge in [0, 0.05) is 22.8 Å². The van der Waals surface area contributed by atoms with Gasteiger partial charge in [-0.1, -0.05) is 79.6 Å². The summed E-state index contributed by atoms with van der Waals surface area (Å²) < 4.78 is 0.459. The highest BCUT2D eigenvalue weighted by Gasteiger charge is 2.42. The van der Waals surface area contributed by atoms with Crippen molar-refractivity contribution in [1.29, 1.82) is 0 Å². The smallest absolute Gasteiger partial charge is 0.267 e. The van der Waals surface area contributed by atoms with Crippen molar-refractivity contribution in [1.82, 2.24) is 4.90 Å². The number of para-hydroxylation sites is 1. The summed E-state index contributed by atoms with van der Waals surface area (Å²) in [5.74, 6) is -0.996. The van der Waals surface area contributed by atoms with Gasteiger partial charge < -0.3 is 5.32 Å². The Hall–Kier alpha value is -2.68. The monoisotopic (exact) mass is 499 g/mol. The molecule has 0 bridgehead atoms. The summed E-state index contributed by atoms with van der Waals surface area (Å²) >= 11 is 12.6. The molecule has 4 rings (SSSR count). The number of nitrogens with zero attached hydrogens (tertiary/aromatic N) is 2. The van der Waals surface area contributed by atoms with Crippen molar-refractivity contribution in [2.75, 3.05) is 23.3 Å². The molecule has 2 aliphatic rings. The third kappa shape index (κ3) is 4.83. The van der Waals surface area contributed by atoms with E-state index in [1.165, 1.54) is 4.90 Å². The number of unbranched alkanes of at least 4 members (excludes halogenated alkanes) is 2. The lowest BCUT2D eigenvalue weighted by Gasteiger charge is -2.17. The van der Waals surface area contributed by atoms with E-state index in [0.29, 0.717) is 43.3 Å². The van der Waals surface area contributed by atoms with Gasteiger partial charge in [-0.2, -0.15) is 0 Å². The van der Waals surface area contributed by atoms with Crippen LogP contribution in [-0.2, 0) is 14.4 Å². The molecular weight excluding hydrogens is 478 g/mol. The van der Waals surface area contributed by atoms with Crippen LogP contribution in [0.1, 0.15) is 31.7 Å². The highest BCUT2D eigenvalue weighted by atomic mass is 35.5. The normalized spacial score (nSPS) is 17.7. The molecule has 170 valence electrons. The number of nitrogens with one attached hydrogen (secondary N) is 1. The van der Waals surface area contributed by atoms with E-state index in [1.807, 2.05) is 6.07 Å². The number of benzene rings is 2. The lowest BCUT2D eigenvalue weighted by molar-refractivity contribution is -0.122. The van der Waals surface area contributed by atoms with E-state index in [1.54, 1.807) is 47.4 Å². The Labute approximate surface area is 207 Å². The number of hydrogen-bond donors (Lipinski definition) is 1. The molecule has 0 atom stereocenters. The molecule has 33 heavy (non-hydrogen) atoms. The van der Waals surface area contributed by atoms with Gasteiger partial charge in [0.25, 0.3) is 11.8 Å². The number of amides is 3. The van der Waals surface area contributed by atoms with Crippen LogP contribution in [0.2, 0.25) is 5.02 Å². The zero-order chi connectivity index (χ0) is 23.5. The number of thiocarbonyl (C=S) groups is 1. The second-order valence-electron chi connectivity index (χ2n) is 7.70. The van der Waals surface area contributed by atoms with E-state index in [9.17, 15) is 14.4 Å². The Morgan fingerprint density at radius 2 is 1.85 bits per heavy atom. The Morgan fingerprint density at radius 3 is 2.61 bits per heavy atom. The minimum absolute atomic E-state index is 0.192. The molecule has 2 aromatic carbocycles. The first-order valence-electron chi connectivity index (χ1n) is 10.6. The number of hydrogen-bond acceptors (Lipinski definition) is 5. The number of carbonyl (C=O) groups excluding carboxylic acids is 3. The summed E-state index contributed by atoms with van der Waals surface area (Å²) in [6.45, 7) is 2.44. The van der Waals surface area contributed by atoms with Crippen molar-refractivity contribution >= 4 is 74.6 Å². The maximum Gasteiger partial charge on any atom is 0.267 e. The van der Waals surface area contributed by atoms with Crippen LogP contribution in [0.4, 0.5) is 11.4 Å². The lowest BCUT2D eigenvalue weighted by atomic mass is 10.1. The molecule has 0 aromatic heterocycles. The van der Waals surface area contributed by atoms with Crippen LogP contribution < -0.4 is 10.2 Å². The number of rotatable bonds is 7. The van der Waals surface area contributed by atoms with Gasteiger partial charge in [-0.25, -0.2) is 0 Å². The molecule has 0 spiro atoms. The number of carbonyl (C=O) groups is 3. The van der Waals surface area contributed by atoms with Crippen molar-refractivity contribution in [3.8, 4) is 0 Å². The molecule has 2 heterocycles. The summed E-state index contributed by atoms with van der Waals surface area (Å²) in [7, 11) is 0. The summed E-state index contributed by atoms with van der Waals surface area (Å²) in [6.07, 6.45) is 2.89. The van der Waals surface area contributed by atoms with Crippen molar-refractivity contribution in [3.05, 3.63) is 64.0 Å². The van der Waals surface area contributed by atoms with Crippen LogP contribution in [0.25, 0.3) is 5.57 Å². The summed E-state index contributed by atoms with van der Waals surface area (Å²) in [4.78, 5) is 42.6. The van der Waals surface area contributed by atoms with E-state index in [0.717, 1.165) is 31.0 Å². The van der Waals surface area contributed by atoms with E-state index in [4.69, 9.17) is 23.8 Å². The van der Waals surface area contributed by atoms with Gasteiger partial charge in [0.1, 0.15) is 10.9 Å². The zero-order valence-corrected chi connectivity index (χ0v) is 20.4. The quantitative estimate of drug-likeness (QED) is 0.326. The maximum atomic E-state index is 13.5. The first-order valence-corrected chi connectivity index (χ1v) is 12.3. The van der Waals surface area contributed by atoms with Gasteiger partial charge in [0.15, 0.2) is 0 Å². The fourth-order valence-corrected chi connectivity index (χ4v) is 5.40. The molecule has 2 aliphatic heterocycles. The largest absolute Gasteiger partial charge is 0.324 e. The van der Waals surface area contributed by atoms with Crippen LogP contribution in [0.5, 0.6) is 0 Å². The SMILES string of the molecule is CCCCCN1C(=O)/C(=C2/C(=O)N(CC(=O)Nc3cccc(Cl)c3)c3ccccc32)SC1=S. The summed E-state index contributed by atoms with van der Waals surface area (Å²) in [5, 5.41) is 3.26. The maximum absolute atomic E-state index is 13.5. The van der Waals surface area contributed by atoms with Gasteiger partial charge in [-0.05, 0) is 30.7 Å². The Bertz CT molecular complexity index is 1180. The van der Waals surface area contributed by atoms with Crippen LogP contribution in [0.15, 0.2) is 53.4 Å². The van der Waals surface area contributed by atoms with Gasteiger partial charge in [0.2, 0.25) is 5.91 Å². The standard InChI is InChI=1S/C24H22ClN3O3S2/c1-2-3-6-12-27-23(31)21(33-24(27)32)20-17-10-4-5-11-18(17)28(22(20)30)14-19(29)26-16-9-7-8-15(25)13-16/h4-5,7-11,13H,2-3,6,12,14H2,1H3,(H,26,29)/b21-20-. The zero-order valence-electron chi connectivity index (χ0n) is 18.0. The molecule has 9 heteroatoms. The summed E-state index contributed by atoms with van der Waals surface area (Å²) in [5.41, 5.74) is 2.07. The van der Waals surface area contributed by atoms with E-state index in [-0.39, 0.29) is 24.3 Å². The topological polar surface area (TPSA) is 69.7 Å². The second kappa shape index (κ2) is 10.1. The van der Waals surface area contributed by atoms with Gasteiger partial charge >= 0.3 is 0 Å². The van der Waals surface area contributed by atoms with Crippen molar-refractivity contribution < 1.29 is 14.4 Å². The highest BCUT2D eigenvalue weighted by molar-refractivity contribution is 8.26. The predicted molar refractivity (Wildman–Crippen MR) is 137 cm³/mol. The molecule has 6 nitrogen and oxygen atoms in total. The predicted octanol–water partition coefficient (Wildman–Crippen LogP) is 5.09. The molecule has 2 aromatic rings. The fourth-order valence-electron chi connectivity index (χ4n) is 3.83. The van der Waals surface area contributed by atoms with Crippen LogP contribution in [0.3, 0.4) is 0 Å². The van der Waals surface area contributed by atoms with E-state index in [2.05, 4.69) is 12.2 Å². The number of halogens is 1. The molecule has 1 fully saturated rings. The summed E-state index contributed by atoms with van der Waals surface area (Å²) in [6, 6.07) is 14.0. The van der Waals surface area contributed by atoms with Crippen molar-refractivity contribution in [3.63, 3.8) is 0 Å². The fraction of sp³-hybridized carbons (Fsp3) is 0.250. The third-order valence-electron chi connectivity index (χ3n) is 5.39. The minimum Gasteiger partial charge on any atom is -0.324 e. The van der Waals surface area contributed by atoms with Crippen molar-refractivity contribution in [2.45, 2.75) is 26.2 Å². The second-order valence-corrected chi connectivity index (χ2v) is 9.78. The Kier molecular flexibility index (Phi) is 7.17. The first-order chi connectivity index (χ1) is 15.9. The number of thioether (sulfide) groups is 1. The minimum atomic E-state index is -0.383.